The van der Waals surface area contributed by atoms with Crippen LogP contribution in [0.1, 0.15) is 29.7 Å². The van der Waals surface area contributed by atoms with Gasteiger partial charge in [0.1, 0.15) is 11.3 Å². The number of fused-ring (bicyclic) bond motifs is 1. The van der Waals surface area contributed by atoms with Gasteiger partial charge in [-0.15, -0.1) is 0 Å². The van der Waals surface area contributed by atoms with Crippen LogP contribution in [0.2, 0.25) is 0 Å². The highest BCUT2D eigenvalue weighted by atomic mass is 16.5. The zero-order valence-corrected chi connectivity index (χ0v) is 17.5. The van der Waals surface area contributed by atoms with Gasteiger partial charge in [0.25, 0.3) is 0 Å². The van der Waals surface area contributed by atoms with Gasteiger partial charge in [-0.2, -0.15) is 0 Å². The standard InChI is InChI=1S/C25H24N2O3/c1-15-13-19(17(3)27-21-11-8-12-26-25(21)29-4)24-20(14-15)22(28)16(2)23(30-24)18-9-6-5-7-10-18/h5-14,17,27H,1-4H3. The topological polar surface area (TPSA) is 64.4 Å². The van der Waals surface area contributed by atoms with Crippen molar-refractivity contribution < 1.29 is 9.15 Å². The minimum atomic E-state index is -0.139. The second-order valence-electron chi connectivity index (χ2n) is 7.41. The van der Waals surface area contributed by atoms with Gasteiger partial charge in [-0.1, -0.05) is 36.4 Å². The van der Waals surface area contributed by atoms with Gasteiger partial charge >= 0.3 is 0 Å². The third-order valence-electron chi connectivity index (χ3n) is 5.23. The Morgan fingerprint density at radius 3 is 2.57 bits per heavy atom. The molecule has 0 aliphatic heterocycles. The van der Waals surface area contributed by atoms with Crippen LogP contribution in [-0.4, -0.2) is 12.1 Å². The van der Waals surface area contributed by atoms with Gasteiger partial charge < -0.3 is 14.5 Å². The lowest BCUT2D eigenvalue weighted by Gasteiger charge is -2.19. The molecule has 5 heteroatoms. The number of benzene rings is 2. The second kappa shape index (κ2) is 8.03. The Morgan fingerprint density at radius 2 is 1.83 bits per heavy atom. The predicted molar refractivity (Wildman–Crippen MR) is 120 cm³/mol. The number of rotatable bonds is 5. The van der Waals surface area contributed by atoms with E-state index in [2.05, 4.69) is 16.4 Å². The van der Waals surface area contributed by atoms with Crippen molar-refractivity contribution >= 4 is 16.7 Å². The summed E-state index contributed by atoms with van der Waals surface area (Å²) in [6, 6.07) is 17.3. The van der Waals surface area contributed by atoms with Crippen LogP contribution in [0.5, 0.6) is 5.88 Å². The molecule has 2 aromatic carbocycles. The first kappa shape index (κ1) is 19.7. The zero-order valence-electron chi connectivity index (χ0n) is 17.5. The quantitative estimate of drug-likeness (QED) is 0.469. The third kappa shape index (κ3) is 3.54. The number of methoxy groups -OCH3 is 1. The van der Waals surface area contributed by atoms with Crippen LogP contribution in [0.3, 0.4) is 0 Å². The minimum absolute atomic E-state index is 0.00814. The van der Waals surface area contributed by atoms with Gasteiger partial charge in [-0.3, -0.25) is 4.79 Å². The molecule has 30 heavy (non-hydrogen) atoms. The lowest BCUT2D eigenvalue weighted by molar-refractivity contribution is 0.399. The van der Waals surface area contributed by atoms with E-state index in [1.165, 1.54) is 0 Å². The van der Waals surface area contributed by atoms with Crippen LogP contribution in [0.25, 0.3) is 22.3 Å². The molecule has 0 saturated heterocycles. The third-order valence-corrected chi connectivity index (χ3v) is 5.23. The summed E-state index contributed by atoms with van der Waals surface area (Å²) in [6.45, 7) is 5.83. The molecule has 1 unspecified atom stereocenters. The molecule has 5 nitrogen and oxygen atoms in total. The average molecular weight is 400 g/mol. The van der Waals surface area contributed by atoms with E-state index < -0.39 is 0 Å². The van der Waals surface area contributed by atoms with Crippen molar-refractivity contribution in [2.24, 2.45) is 0 Å². The van der Waals surface area contributed by atoms with Gasteiger partial charge in [0.15, 0.2) is 5.43 Å². The number of hydrogen-bond donors (Lipinski definition) is 1. The molecule has 1 atom stereocenters. The molecule has 0 radical (unpaired) electrons. The van der Waals surface area contributed by atoms with Crippen LogP contribution in [0.4, 0.5) is 5.69 Å². The maximum atomic E-state index is 13.2. The minimum Gasteiger partial charge on any atom is -0.480 e. The van der Waals surface area contributed by atoms with Crippen LogP contribution >= 0.6 is 0 Å². The Morgan fingerprint density at radius 1 is 1.07 bits per heavy atom. The summed E-state index contributed by atoms with van der Waals surface area (Å²) in [4.78, 5) is 17.4. The number of aryl methyl sites for hydroxylation is 1. The monoisotopic (exact) mass is 400 g/mol. The summed E-state index contributed by atoms with van der Waals surface area (Å²) in [5.74, 6) is 1.12. The predicted octanol–water partition coefficient (Wildman–Crippen LogP) is 5.65. The summed E-state index contributed by atoms with van der Waals surface area (Å²) in [5, 5.41) is 4.03. The molecule has 0 amide bonds. The molecule has 0 saturated carbocycles. The molecule has 0 aliphatic rings. The number of nitrogens with zero attached hydrogens (tertiary/aromatic N) is 1. The lowest BCUT2D eigenvalue weighted by atomic mass is 9.99. The molecular formula is C25H24N2O3. The summed E-state index contributed by atoms with van der Waals surface area (Å²) >= 11 is 0. The SMILES string of the molecule is COc1ncccc1NC(C)c1cc(C)cc2c(=O)c(C)c(-c3ccccc3)oc12. The summed E-state index contributed by atoms with van der Waals surface area (Å²) in [7, 11) is 1.59. The van der Waals surface area contributed by atoms with E-state index in [9.17, 15) is 4.79 Å². The number of pyridine rings is 1. The maximum absolute atomic E-state index is 13.2. The molecule has 2 aromatic heterocycles. The Hall–Kier alpha value is -3.60. The maximum Gasteiger partial charge on any atom is 0.237 e. The first-order valence-corrected chi connectivity index (χ1v) is 9.88. The van der Waals surface area contributed by atoms with Crippen molar-refractivity contribution in [3.8, 4) is 17.2 Å². The van der Waals surface area contributed by atoms with E-state index in [1.54, 1.807) is 13.3 Å². The number of hydrogen-bond acceptors (Lipinski definition) is 5. The van der Waals surface area contributed by atoms with Gasteiger partial charge in [-0.25, -0.2) is 4.98 Å². The van der Waals surface area contributed by atoms with Gasteiger partial charge in [0, 0.05) is 22.9 Å². The number of aromatic nitrogens is 1. The average Bonchev–Trinajstić information content (AvgIpc) is 2.77. The van der Waals surface area contributed by atoms with Crippen molar-refractivity contribution in [3.63, 3.8) is 0 Å². The molecule has 152 valence electrons. The summed E-state index contributed by atoms with van der Waals surface area (Å²) in [6.07, 6.45) is 1.69. The van der Waals surface area contributed by atoms with Crippen molar-refractivity contribution in [1.82, 2.24) is 4.98 Å². The number of anilines is 1. The summed E-state index contributed by atoms with van der Waals surface area (Å²) in [5.41, 5.74) is 4.77. The highest BCUT2D eigenvalue weighted by Crippen LogP contribution is 2.33. The van der Waals surface area contributed by atoms with E-state index in [0.717, 1.165) is 22.4 Å². The zero-order chi connectivity index (χ0) is 21.3. The highest BCUT2D eigenvalue weighted by Gasteiger charge is 2.19. The van der Waals surface area contributed by atoms with Gasteiger partial charge in [-0.05, 0) is 44.5 Å². The Kier molecular flexibility index (Phi) is 5.27. The molecule has 0 fully saturated rings. The number of nitrogens with one attached hydrogen (secondary N) is 1. The number of ether oxygens (including phenoxy) is 1. The van der Waals surface area contributed by atoms with E-state index in [4.69, 9.17) is 9.15 Å². The fourth-order valence-corrected chi connectivity index (χ4v) is 3.73. The molecule has 0 bridgehead atoms. The van der Waals surface area contributed by atoms with Crippen molar-refractivity contribution in [2.75, 3.05) is 12.4 Å². The van der Waals surface area contributed by atoms with Crippen LogP contribution in [0, 0.1) is 13.8 Å². The molecule has 1 N–H and O–H groups in total. The van der Waals surface area contributed by atoms with Crippen molar-refractivity contribution in [3.05, 3.63) is 87.7 Å². The van der Waals surface area contributed by atoms with E-state index in [0.29, 0.717) is 28.2 Å². The second-order valence-corrected chi connectivity index (χ2v) is 7.41. The van der Waals surface area contributed by atoms with E-state index in [1.807, 2.05) is 69.3 Å². The molecule has 0 aliphatic carbocycles. The highest BCUT2D eigenvalue weighted by molar-refractivity contribution is 5.84. The molecule has 4 aromatic rings. The molecule has 0 spiro atoms. The largest absolute Gasteiger partial charge is 0.480 e. The Balaban J connectivity index is 1.89. The smallest absolute Gasteiger partial charge is 0.237 e. The van der Waals surface area contributed by atoms with Gasteiger partial charge in [0.05, 0.1) is 24.2 Å². The van der Waals surface area contributed by atoms with Crippen molar-refractivity contribution in [1.29, 1.82) is 0 Å². The fraction of sp³-hybridized carbons (Fsp3) is 0.200. The first-order valence-electron chi connectivity index (χ1n) is 9.88. The Bertz CT molecular complexity index is 1260. The summed E-state index contributed by atoms with van der Waals surface area (Å²) < 4.78 is 11.7. The molecule has 2 heterocycles. The van der Waals surface area contributed by atoms with Crippen LogP contribution in [-0.2, 0) is 0 Å². The van der Waals surface area contributed by atoms with E-state index in [-0.39, 0.29) is 11.5 Å². The van der Waals surface area contributed by atoms with Crippen molar-refractivity contribution in [2.45, 2.75) is 26.8 Å². The lowest BCUT2D eigenvalue weighted by Crippen LogP contribution is -2.13. The van der Waals surface area contributed by atoms with Gasteiger partial charge in [0.2, 0.25) is 5.88 Å². The first-order chi connectivity index (χ1) is 14.5. The fourth-order valence-electron chi connectivity index (χ4n) is 3.73. The van der Waals surface area contributed by atoms with E-state index >= 15 is 0 Å². The molecular weight excluding hydrogens is 376 g/mol. The molecule has 4 rings (SSSR count). The normalized spacial score (nSPS) is 12.0. The van der Waals surface area contributed by atoms with Crippen LogP contribution in [0.15, 0.2) is 70.0 Å². The van der Waals surface area contributed by atoms with Crippen LogP contribution < -0.4 is 15.5 Å². The Labute approximate surface area is 175 Å².